The molecule has 0 aromatic carbocycles. The van der Waals surface area contributed by atoms with Gasteiger partial charge in [0.1, 0.15) is 9.98 Å². The average molecular weight is 267 g/mol. The molecule has 0 saturated carbocycles. The van der Waals surface area contributed by atoms with Gasteiger partial charge in [-0.25, -0.2) is 9.97 Å². The van der Waals surface area contributed by atoms with Gasteiger partial charge >= 0.3 is 0 Å². The topological polar surface area (TPSA) is 25.8 Å². The average Bonchev–Trinajstić information content (AvgIpc) is 2.84. The van der Waals surface area contributed by atoms with Crippen molar-refractivity contribution in [2.45, 2.75) is 6.92 Å². The number of nitrogens with zero attached hydrogens (tertiary/aromatic N) is 2. The Hall–Kier alpha value is -0.970. The van der Waals surface area contributed by atoms with Crippen molar-refractivity contribution in [1.29, 1.82) is 0 Å². The molecule has 0 amide bonds. The molecule has 80 valence electrons. The number of halogens is 1. The van der Waals surface area contributed by atoms with Crippen molar-refractivity contribution in [3.8, 4) is 10.7 Å². The minimum absolute atomic E-state index is 0.540. The fraction of sp³-hybridized carbons (Fsp3) is 0.0909. The molecule has 3 aromatic heterocycles. The molecular weight excluding hydrogens is 260 g/mol. The molecule has 5 heteroatoms. The Balaban J connectivity index is 2.28. The Morgan fingerprint density at radius 3 is 2.94 bits per heavy atom. The van der Waals surface area contributed by atoms with Gasteiger partial charge in [-0.3, -0.25) is 0 Å². The Bertz CT molecular complexity index is 643. The molecule has 0 saturated heterocycles. The number of rotatable bonds is 1. The van der Waals surface area contributed by atoms with Gasteiger partial charge in [0.15, 0.2) is 5.82 Å². The molecule has 0 fully saturated rings. The lowest BCUT2D eigenvalue weighted by Gasteiger charge is -1.97. The van der Waals surface area contributed by atoms with Crippen LogP contribution in [0.25, 0.3) is 20.9 Å². The lowest BCUT2D eigenvalue weighted by molar-refractivity contribution is 1.25. The van der Waals surface area contributed by atoms with Crippen molar-refractivity contribution in [1.82, 2.24) is 9.97 Å². The first-order valence-electron chi connectivity index (χ1n) is 4.71. The SMILES string of the molecule is Cc1cc2c(Cl)nc(-c3cccs3)nc2s1. The second kappa shape index (κ2) is 3.80. The second-order valence-corrected chi connectivity index (χ2v) is 5.93. The van der Waals surface area contributed by atoms with Crippen LogP contribution in [0.3, 0.4) is 0 Å². The second-order valence-electron chi connectivity index (χ2n) is 3.39. The molecule has 0 N–H and O–H groups in total. The van der Waals surface area contributed by atoms with E-state index in [0.717, 1.165) is 15.1 Å². The molecule has 3 aromatic rings. The fourth-order valence-electron chi connectivity index (χ4n) is 1.52. The monoisotopic (exact) mass is 266 g/mol. The van der Waals surface area contributed by atoms with Gasteiger partial charge in [-0.2, -0.15) is 0 Å². The Morgan fingerprint density at radius 2 is 2.19 bits per heavy atom. The van der Waals surface area contributed by atoms with Crippen LogP contribution in [0, 0.1) is 6.92 Å². The largest absolute Gasteiger partial charge is 0.216 e. The van der Waals surface area contributed by atoms with Crippen LogP contribution in [-0.2, 0) is 0 Å². The van der Waals surface area contributed by atoms with E-state index in [2.05, 4.69) is 9.97 Å². The van der Waals surface area contributed by atoms with E-state index < -0.39 is 0 Å². The van der Waals surface area contributed by atoms with Crippen LogP contribution in [0.1, 0.15) is 4.88 Å². The van der Waals surface area contributed by atoms with Crippen molar-refractivity contribution in [2.24, 2.45) is 0 Å². The van der Waals surface area contributed by atoms with Crippen LogP contribution in [-0.4, -0.2) is 9.97 Å². The first-order valence-corrected chi connectivity index (χ1v) is 6.79. The lowest BCUT2D eigenvalue weighted by Crippen LogP contribution is -1.86. The zero-order valence-electron chi connectivity index (χ0n) is 8.40. The standard InChI is InChI=1S/C11H7ClN2S2/c1-6-5-7-9(12)13-10(14-11(7)16-6)8-3-2-4-15-8/h2-5H,1H3. The van der Waals surface area contributed by atoms with E-state index in [4.69, 9.17) is 11.6 Å². The van der Waals surface area contributed by atoms with E-state index in [1.807, 2.05) is 30.5 Å². The highest BCUT2D eigenvalue weighted by atomic mass is 35.5. The Morgan fingerprint density at radius 1 is 1.31 bits per heavy atom. The van der Waals surface area contributed by atoms with Crippen molar-refractivity contribution < 1.29 is 0 Å². The molecule has 0 radical (unpaired) electrons. The van der Waals surface area contributed by atoms with Gasteiger partial charge in [0.2, 0.25) is 0 Å². The fourth-order valence-corrected chi connectivity index (χ4v) is 3.34. The summed E-state index contributed by atoms with van der Waals surface area (Å²) >= 11 is 9.42. The summed E-state index contributed by atoms with van der Waals surface area (Å²) in [6.07, 6.45) is 0. The lowest BCUT2D eigenvalue weighted by atomic mass is 10.3. The van der Waals surface area contributed by atoms with E-state index in [0.29, 0.717) is 11.0 Å². The summed E-state index contributed by atoms with van der Waals surface area (Å²) < 4.78 is 0. The summed E-state index contributed by atoms with van der Waals surface area (Å²) in [5.41, 5.74) is 0. The minimum atomic E-state index is 0.540. The summed E-state index contributed by atoms with van der Waals surface area (Å²) in [5, 5.41) is 3.50. The highest BCUT2D eigenvalue weighted by molar-refractivity contribution is 7.18. The summed E-state index contributed by atoms with van der Waals surface area (Å²) in [7, 11) is 0. The number of aromatic nitrogens is 2. The van der Waals surface area contributed by atoms with Gasteiger partial charge in [0, 0.05) is 10.3 Å². The molecule has 0 aliphatic carbocycles. The molecule has 0 unspecified atom stereocenters. The van der Waals surface area contributed by atoms with E-state index in [1.165, 1.54) is 4.88 Å². The van der Waals surface area contributed by atoms with Gasteiger partial charge < -0.3 is 0 Å². The van der Waals surface area contributed by atoms with Crippen molar-refractivity contribution in [3.63, 3.8) is 0 Å². The predicted octanol–water partition coefficient (Wildman–Crippen LogP) is 4.38. The number of thiophene rings is 2. The van der Waals surface area contributed by atoms with E-state index >= 15 is 0 Å². The molecule has 0 aliphatic rings. The summed E-state index contributed by atoms with van der Waals surface area (Å²) in [4.78, 5) is 12.1. The number of fused-ring (bicyclic) bond motifs is 1. The maximum absolute atomic E-state index is 6.15. The molecular formula is C11H7ClN2S2. The van der Waals surface area contributed by atoms with Crippen LogP contribution in [0.4, 0.5) is 0 Å². The number of hydrogen-bond donors (Lipinski definition) is 0. The maximum Gasteiger partial charge on any atom is 0.172 e. The number of hydrogen-bond acceptors (Lipinski definition) is 4. The molecule has 3 rings (SSSR count). The normalized spacial score (nSPS) is 11.1. The highest BCUT2D eigenvalue weighted by Gasteiger charge is 2.10. The zero-order chi connectivity index (χ0) is 11.1. The molecule has 0 aliphatic heterocycles. The van der Waals surface area contributed by atoms with Gasteiger partial charge in [0.05, 0.1) is 4.88 Å². The summed E-state index contributed by atoms with van der Waals surface area (Å²) in [6.45, 7) is 2.05. The van der Waals surface area contributed by atoms with Gasteiger partial charge in [-0.15, -0.1) is 22.7 Å². The molecule has 2 nitrogen and oxygen atoms in total. The summed E-state index contributed by atoms with van der Waals surface area (Å²) in [5.74, 6) is 0.717. The molecule has 0 spiro atoms. The van der Waals surface area contributed by atoms with Crippen molar-refractivity contribution in [3.05, 3.63) is 33.6 Å². The van der Waals surface area contributed by atoms with Crippen LogP contribution < -0.4 is 0 Å². The van der Waals surface area contributed by atoms with Crippen LogP contribution in [0.5, 0.6) is 0 Å². The third-order valence-electron chi connectivity index (χ3n) is 2.21. The van der Waals surface area contributed by atoms with Gasteiger partial charge in [-0.1, -0.05) is 17.7 Å². The summed E-state index contributed by atoms with van der Waals surface area (Å²) in [6, 6.07) is 6.02. The van der Waals surface area contributed by atoms with E-state index in [1.54, 1.807) is 22.7 Å². The first kappa shape index (κ1) is 10.2. The number of aryl methyl sites for hydroxylation is 1. The Kier molecular flexibility index (Phi) is 2.42. The third kappa shape index (κ3) is 1.63. The molecule has 0 atom stereocenters. The maximum atomic E-state index is 6.15. The molecule has 0 bridgehead atoms. The smallest absolute Gasteiger partial charge is 0.172 e. The predicted molar refractivity (Wildman–Crippen MR) is 70.5 cm³/mol. The molecule has 16 heavy (non-hydrogen) atoms. The molecule has 3 heterocycles. The van der Waals surface area contributed by atoms with Crippen LogP contribution in [0.2, 0.25) is 5.15 Å². The van der Waals surface area contributed by atoms with Crippen LogP contribution >= 0.6 is 34.3 Å². The van der Waals surface area contributed by atoms with Crippen LogP contribution in [0.15, 0.2) is 23.6 Å². The van der Waals surface area contributed by atoms with Crippen molar-refractivity contribution in [2.75, 3.05) is 0 Å². The zero-order valence-corrected chi connectivity index (χ0v) is 10.8. The van der Waals surface area contributed by atoms with Gasteiger partial charge in [-0.05, 0) is 24.4 Å². The third-order valence-corrected chi connectivity index (χ3v) is 4.31. The quantitative estimate of drug-likeness (QED) is 0.611. The van der Waals surface area contributed by atoms with Crippen molar-refractivity contribution >= 4 is 44.5 Å². The van der Waals surface area contributed by atoms with Gasteiger partial charge in [0.25, 0.3) is 0 Å². The minimum Gasteiger partial charge on any atom is -0.216 e. The Labute approximate surface area is 106 Å². The highest BCUT2D eigenvalue weighted by Crippen LogP contribution is 2.31. The first-order chi connectivity index (χ1) is 7.74. The van der Waals surface area contributed by atoms with E-state index in [-0.39, 0.29) is 0 Å². The van der Waals surface area contributed by atoms with E-state index in [9.17, 15) is 0 Å².